The minimum atomic E-state index is -0.141. The van der Waals surface area contributed by atoms with Gasteiger partial charge in [0.1, 0.15) is 11.5 Å². The highest BCUT2D eigenvalue weighted by Crippen LogP contribution is 2.32. The van der Waals surface area contributed by atoms with Gasteiger partial charge in [-0.25, -0.2) is 4.98 Å². The van der Waals surface area contributed by atoms with Crippen molar-refractivity contribution in [2.45, 2.75) is 46.2 Å². The van der Waals surface area contributed by atoms with Crippen LogP contribution in [-0.2, 0) is 11.3 Å². The summed E-state index contributed by atoms with van der Waals surface area (Å²) in [6.07, 6.45) is 1.75. The van der Waals surface area contributed by atoms with Gasteiger partial charge in [0.2, 0.25) is 5.91 Å². The molecule has 2 bridgehead atoms. The Morgan fingerprint density at radius 3 is 2.77 bits per heavy atom. The Kier molecular flexibility index (Phi) is 4.30. The Balaban J connectivity index is 1.57. The van der Waals surface area contributed by atoms with Gasteiger partial charge < -0.3 is 14.3 Å². The maximum Gasteiger partial charge on any atom is 0.273 e. The van der Waals surface area contributed by atoms with Crippen LogP contribution in [0.2, 0.25) is 0 Å². The molecule has 3 aliphatic heterocycles. The van der Waals surface area contributed by atoms with E-state index in [9.17, 15) is 9.59 Å². The number of thiazole rings is 1. The lowest BCUT2D eigenvalue weighted by molar-refractivity contribution is -0.140. The molecule has 0 unspecified atom stereocenters. The van der Waals surface area contributed by atoms with Gasteiger partial charge in [0.15, 0.2) is 0 Å². The van der Waals surface area contributed by atoms with Crippen molar-refractivity contribution < 1.29 is 14.1 Å². The Hall–Kier alpha value is -2.22. The van der Waals surface area contributed by atoms with Gasteiger partial charge in [-0.2, -0.15) is 0 Å². The van der Waals surface area contributed by atoms with E-state index in [2.05, 4.69) is 10.1 Å². The van der Waals surface area contributed by atoms with Gasteiger partial charge in [-0.05, 0) is 33.6 Å². The number of aromatic nitrogens is 2. The van der Waals surface area contributed by atoms with Crippen LogP contribution >= 0.6 is 11.3 Å². The number of carbonyl (C=O) groups excluding carboxylic acids is 2. The molecule has 8 heteroatoms. The van der Waals surface area contributed by atoms with Crippen molar-refractivity contribution >= 4 is 23.2 Å². The van der Waals surface area contributed by atoms with E-state index in [-0.39, 0.29) is 23.8 Å². The molecule has 5 heterocycles. The largest absolute Gasteiger partial charge is 0.361 e. The second-order valence-electron chi connectivity index (χ2n) is 7.16. The van der Waals surface area contributed by atoms with Gasteiger partial charge in [0.05, 0.1) is 23.2 Å². The third kappa shape index (κ3) is 2.92. The molecule has 2 aromatic heterocycles. The van der Waals surface area contributed by atoms with Crippen LogP contribution in [0.25, 0.3) is 0 Å². The van der Waals surface area contributed by atoms with Crippen LogP contribution in [0, 0.1) is 26.7 Å². The molecule has 26 heavy (non-hydrogen) atoms. The van der Waals surface area contributed by atoms with Crippen molar-refractivity contribution in [3.63, 3.8) is 0 Å². The molecule has 3 fully saturated rings. The molecule has 2 amide bonds. The molecule has 2 aromatic rings. The number of piperidine rings is 1. The van der Waals surface area contributed by atoms with Crippen molar-refractivity contribution in [2.75, 3.05) is 13.1 Å². The Bertz CT molecular complexity index is 839. The highest BCUT2D eigenvalue weighted by molar-refractivity contribution is 7.09. The predicted molar refractivity (Wildman–Crippen MR) is 95.8 cm³/mol. The number of hydrogen-bond acceptors (Lipinski definition) is 6. The maximum atomic E-state index is 13.0. The predicted octanol–water partition coefficient (Wildman–Crippen LogP) is 2.32. The van der Waals surface area contributed by atoms with Crippen LogP contribution in [0.15, 0.2) is 9.90 Å². The monoisotopic (exact) mass is 374 g/mol. The molecular formula is C18H22N4O3S. The number of nitrogens with zero attached hydrogens (tertiary/aromatic N) is 4. The maximum absolute atomic E-state index is 13.0. The molecule has 0 radical (unpaired) electrons. The van der Waals surface area contributed by atoms with Crippen molar-refractivity contribution in [1.29, 1.82) is 0 Å². The fourth-order valence-electron chi connectivity index (χ4n) is 3.94. The van der Waals surface area contributed by atoms with Crippen molar-refractivity contribution in [3.8, 4) is 0 Å². The summed E-state index contributed by atoms with van der Waals surface area (Å²) in [5, 5.41) is 6.67. The van der Waals surface area contributed by atoms with Gasteiger partial charge >= 0.3 is 0 Å². The second kappa shape index (κ2) is 6.50. The van der Waals surface area contributed by atoms with Crippen LogP contribution in [0.5, 0.6) is 0 Å². The third-order valence-corrected chi connectivity index (χ3v) is 6.20. The molecule has 3 saturated heterocycles. The third-order valence-electron chi connectivity index (χ3n) is 5.43. The Morgan fingerprint density at radius 2 is 2.12 bits per heavy atom. The number of rotatable bonds is 3. The molecule has 2 atom stereocenters. The van der Waals surface area contributed by atoms with E-state index in [0.717, 1.165) is 34.9 Å². The lowest BCUT2D eigenvalue weighted by atomic mass is 9.93. The molecular weight excluding hydrogens is 352 g/mol. The van der Waals surface area contributed by atoms with Crippen molar-refractivity contribution in [3.05, 3.63) is 33.1 Å². The standard InChI is InChI=1S/C18H22N4O3S/c1-10-15(11(2)25-20-10)8-22-14-5-4-13(17(22)23)6-21(7-14)18(24)16-9-26-12(3)19-16/h9,13-14H,4-8H2,1-3H3/t13-,14+/m1/s1. The lowest BCUT2D eigenvalue weighted by Gasteiger charge is -2.35. The SMILES string of the molecule is Cc1nc(C(=O)N2C[C@H]3CC[C@@H](C2)N(Cc2c(C)noc2C)C3=O)cs1. The topological polar surface area (TPSA) is 79.5 Å². The summed E-state index contributed by atoms with van der Waals surface area (Å²) in [6, 6.07) is 0.0265. The van der Waals surface area contributed by atoms with E-state index >= 15 is 0 Å². The Labute approximate surface area is 156 Å². The first kappa shape index (κ1) is 17.2. The van der Waals surface area contributed by atoms with Gasteiger partial charge in [-0.1, -0.05) is 5.16 Å². The average molecular weight is 374 g/mol. The number of amides is 2. The molecule has 5 rings (SSSR count). The number of aryl methyl sites for hydroxylation is 3. The summed E-state index contributed by atoms with van der Waals surface area (Å²) >= 11 is 1.47. The quantitative estimate of drug-likeness (QED) is 0.824. The second-order valence-corrected chi connectivity index (χ2v) is 8.22. The lowest BCUT2D eigenvalue weighted by Crippen LogP contribution is -2.47. The zero-order valence-electron chi connectivity index (χ0n) is 15.2. The molecule has 0 aliphatic carbocycles. The molecule has 0 spiro atoms. The highest BCUT2D eigenvalue weighted by Gasteiger charge is 2.42. The summed E-state index contributed by atoms with van der Waals surface area (Å²) < 4.78 is 5.24. The molecule has 7 nitrogen and oxygen atoms in total. The van der Waals surface area contributed by atoms with Gasteiger partial charge in [-0.15, -0.1) is 11.3 Å². The summed E-state index contributed by atoms with van der Waals surface area (Å²) in [6.45, 7) is 7.19. The van der Waals surface area contributed by atoms with Crippen molar-refractivity contribution in [1.82, 2.24) is 19.9 Å². The van der Waals surface area contributed by atoms with E-state index in [1.54, 1.807) is 5.38 Å². The van der Waals surface area contributed by atoms with Gasteiger partial charge in [-0.3, -0.25) is 9.59 Å². The molecule has 0 N–H and O–H groups in total. The smallest absolute Gasteiger partial charge is 0.273 e. The van der Waals surface area contributed by atoms with Gasteiger partial charge in [0.25, 0.3) is 5.91 Å². The molecule has 3 aliphatic rings. The fraction of sp³-hybridized carbons (Fsp3) is 0.556. The van der Waals surface area contributed by atoms with E-state index in [4.69, 9.17) is 4.52 Å². The van der Waals surface area contributed by atoms with E-state index < -0.39 is 0 Å². The number of hydrogen-bond donors (Lipinski definition) is 0. The van der Waals surface area contributed by atoms with E-state index in [1.807, 2.05) is 30.6 Å². The molecule has 0 saturated carbocycles. The first-order valence-corrected chi connectivity index (χ1v) is 9.75. The summed E-state index contributed by atoms with van der Waals surface area (Å²) in [5.41, 5.74) is 2.28. The van der Waals surface area contributed by atoms with E-state index in [0.29, 0.717) is 25.3 Å². The molecule has 138 valence electrons. The van der Waals surface area contributed by atoms with Crippen LogP contribution in [0.1, 0.15) is 45.4 Å². The number of carbonyl (C=O) groups is 2. The zero-order valence-corrected chi connectivity index (χ0v) is 16.0. The Morgan fingerprint density at radius 1 is 1.31 bits per heavy atom. The first-order valence-electron chi connectivity index (χ1n) is 8.87. The number of fused-ring (bicyclic) bond motifs is 4. The summed E-state index contributed by atoms with van der Waals surface area (Å²) in [5.74, 6) is 0.670. The van der Waals surface area contributed by atoms with E-state index in [1.165, 1.54) is 11.3 Å². The van der Waals surface area contributed by atoms with Gasteiger partial charge in [0, 0.05) is 30.1 Å². The zero-order chi connectivity index (χ0) is 18.4. The molecule has 0 aromatic carbocycles. The van der Waals surface area contributed by atoms with Crippen LogP contribution < -0.4 is 0 Å². The van der Waals surface area contributed by atoms with Crippen LogP contribution in [0.4, 0.5) is 0 Å². The van der Waals surface area contributed by atoms with Crippen molar-refractivity contribution in [2.24, 2.45) is 5.92 Å². The fourth-order valence-corrected chi connectivity index (χ4v) is 4.52. The summed E-state index contributed by atoms with van der Waals surface area (Å²) in [4.78, 5) is 33.9. The normalized spacial score (nSPS) is 22.8. The minimum Gasteiger partial charge on any atom is -0.361 e. The highest BCUT2D eigenvalue weighted by atomic mass is 32.1. The van der Waals surface area contributed by atoms with Crippen LogP contribution in [-0.4, -0.2) is 50.9 Å². The minimum absolute atomic E-state index is 0.0265. The first-order chi connectivity index (χ1) is 12.4. The van der Waals surface area contributed by atoms with Crippen LogP contribution in [0.3, 0.4) is 0 Å². The average Bonchev–Trinajstić information content (AvgIpc) is 3.06. The summed E-state index contributed by atoms with van der Waals surface area (Å²) in [7, 11) is 0.